The number of nitrogens with zero attached hydrogens (tertiary/aromatic N) is 1. The van der Waals surface area contributed by atoms with E-state index in [4.69, 9.17) is 16.7 Å². The maximum atomic E-state index is 10.8. The average Bonchev–Trinajstić information content (AvgIpc) is 2.34. The van der Waals surface area contributed by atoms with Gasteiger partial charge in [-0.3, -0.25) is 0 Å². The van der Waals surface area contributed by atoms with Gasteiger partial charge in [0, 0.05) is 16.9 Å². The van der Waals surface area contributed by atoms with Crippen molar-refractivity contribution < 1.29 is 9.90 Å². The summed E-state index contributed by atoms with van der Waals surface area (Å²) in [5, 5.41) is 12.5. The molecule has 0 radical (unpaired) electrons. The minimum absolute atomic E-state index is 0.186. The topological polar surface area (TPSA) is 62.2 Å². The minimum atomic E-state index is -0.984. The van der Waals surface area contributed by atoms with Gasteiger partial charge in [-0.05, 0) is 36.8 Å². The van der Waals surface area contributed by atoms with Crippen molar-refractivity contribution in [2.75, 3.05) is 5.32 Å². The molecular formula is C13H11ClN2O2. The van der Waals surface area contributed by atoms with Crippen LogP contribution in [0.15, 0.2) is 36.5 Å². The van der Waals surface area contributed by atoms with E-state index in [1.54, 1.807) is 6.07 Å². The van der Waals surface area contributed by atoms with Gasteiger partial charge in [0.1, 0.15) is 5.82 Å². The Morgan fingerprint density at radius 1 is 1.33 bits per heavy atom. The van der Waals surface area contributed by atoms with Gasteiger partial charge in [0.25, 0.3) is 0 Å². The van der Waals surface area contributed by atoms with Crippen LogP contribution in [0, 0.1) is 6.92 Å². The number of aromatic nitrogens is 1. The number of halogens is 1. The van der Waals surface area contributed by atoms with Gasteiger partial charge in [0.05, 0.1) is 5.56 Å². The molecule has 0 saturated carbocycles. The minimum Gasteiger partial charge on any atom is -0.478 e. The van der Waals surface area contributed by atoms with Crippen LogP contribution in [0.25, 0.3) is 0 Å². The number of carbonyl (C=O) groups is 1. The zero-order chi connectivity index (χ0) is 13.1. The Labute approximate surface area is 109 Å². The largest absolute Gasteiger partial charge is 0.478 e. The Morgan fingerprint density at radius 2 is 2.11 bits per heavy atom. The second-order valence-electron chi connectivity index (χ2n) is 3.82. The molecule has 0 bridgehead atoms. The van der Waals surface area contributed by atoms with Gasteiger partial charge in [-0.25, -0.2) is 9.78 Å². The molecule has 0 spiro atoms. The Kier molecular flexibility index (Phi) is 3.48. The molecule has 92 valence electrons. The number of hydrogen-bond donors (Lipinski definition) is 2. The molecule has 0 aliphatic rings. The first-order valence-corrected chi connectivity index (χ1v) is 5.66. The number of aromatic carboxylic acids is 1. The van der Waals surface area contributed by atoms with E-state index in [0.29, 0.717) is 10.8 Å². The summed E-state index contributed by atoms with van der Waals surface area (Å²) in [7, 11) is 0. The number of hydrogen-bond acceptors (Lipinski definition) is 3. The standard InChI is InChI=1S/C13H11ClN2O2/c1-8-2-3-10(7-11(8)14)16-12-6-9(13(17)18)4-5-15-12/h2-7H,1H3,(H,15,16)(H,17,18). The Bertz CT molecular complexity index is 599. The van der Waals surface area contributed by atoms with Crippen LogP contribution in [-0.4, -0.2) is 16.1 Å². The van der Waals surface area contributed by atoms with Gasteiger partial charge in [-0.1, -0.05) is 17.7 Å². The number of carboxylic acid groups (broad SMARTS) is 1. The second kappa shape index (κ2) is 5.06. The van der Waals surface area contributed by atoms with Crippen molar-refractivity contribution >= 4 is 29.1 Å². The van der Waals surface area contributed by atoms with Crippen molar-refractivity contribution in [3.8, 4) is 0 Å². The van der Waals surface area contributed by atoms with Crippen LogP contribution in [0.1, 0.15) is 15.9 Å². The molecule has 0 atom stereocenters. The third-order valence-electron chi connectivity index (χ3n) is 2.45. The molecule has 4 nitrogen and oxygen atoms in total. The molecule has 18 heavy (non-hydrogen) atoms. The highest BCUT2D eigenvalue weighted by molar-refractivity contribution is 6.31. The summed E-state index contributed by atoms with van der Waals surface area (Å²) in [6, 6.07) is 8.42. The summed E-state index contributed by atoms with van der Waals surface area (Å²) in [4.78, 5) is 14.9. The lowest BCUT2D eigenvalue weighted by atomic mass is 10.2. The van der Waals surface area contributed by atoms with Gasteiger partial charge in [-0.15, -0.1) is 0 Å². The number of rotatable bonds is 3. The van der Waals surface area contributed by atoms with Crippen LogP contribution in [0.2, 0.25) is 5.02 Å². The van der Waals surface area contributed by atoms with E-state index in [-0.39, 0.29) is 5.56 Å². The Balaban J connectivity index is 2.25. The van der Waals surface area contributed by atoms with E-state index >= 15 is 0 Å². The predicted molar refractivity (Wildman–Crippen MR) is 70.7 cm³/mol. The van der Waals surface area contributed by atoms with Crippen molar-refractivity contribution in [3.05, 3.63) is 52.7 Å². The number of carboxylic acids is 1. The fourth-order valence-corrected chi connectivity index (χ4v) is 1.63. The number of benzene rings is 1. The first-order chi connectivity index (χ1) is 8.56. The Morgan fingerprint density at radius 3 is 2.78 bits per heavy atom. The summed E-state index contributed by atoms with van der Waals surface area (Å²) in [6.45, 7) is 1.91. The van der Waals surface area contributed by atoms with E-state index in [1.165, 1.54) is 18.3 Å². The molecular weight excluding hydrogens is 252 g/mol. The summed E-state index contributed by atoms with van der Waals surface area (Å²) >= 11 is 6.01. The predicted octanol–water partition coefficient (Wildman–Crippen LogP) is 3.49. The van der Waals surface area contributed by atoms with Crippen LogP contribution in [-0.2, 0) is 0 Å². The molecule has 1 aromatic carbocycles. The lowest BCUT2D eigenvalue weighted by Crippen LogP contribution is -1.99. The van der Waals surface area contributed by atoms with E-state index in [2.05, 4.69) is 10.3 Å². The molecule has 0 amide bonds. The summed E-state index contributed by atoms with van der Waals surface area (Å²) < 4.78 is 0. The monoisotopic (exact) mass is 262 g/mol. The summed E-state index contributed by atoms with van der Waals surface area (Å²) in [5.74, 6) is -0.516. The molecule has 0 unspecified atom stereocenters. The second-order valence-corrected chi connectivity index (χ2v) is 4.23. The third-order valence-corrected chi connectivity index (χ3v) is 2.86. The van der Waals surface area contributed by atoms with Crippen molar-refractivity contribution in [2.45, 2.75) is 6.92 Å². The maximum Gasteiger partial charge on any atom is 0.335 e. The normalized spacial score (nSPS) is 10.1. The zero-order valence-corrected chi connectivity index (χ0v) is 10.4. The van der Waals surface area contributed by atoms with Gasteiger partial charge < -0.3 is 10.4 Å². The highest BCUT2D eigenvalue weighted by atomic mass is 35.5. The molecule has 2 rings (SSSR count). The molecule has 2 aromatic rings. The summed E-state index contributed by atoms with van der Waals surface area (Å²) in [6.07, 6.45) is 1.45. The van der Waals surface area contributed by atoms with Gasteiger partial charge in [-0.2, -0.15) is 0 Å². The smallest absolute Gasteiger partial charge is 0.335 e. The molecule has 0 fully saturated rings. The van der Waals surface area contributed by atoms with E-state index < -0.39 is 5.97 Å². The highest BCUT2D eigenvalue weighted by Gasteiger charge is 2.05. The fraction of sp³-hybridized carbons (Fsp3) is 0.0769. The van der Waals surface area contributed by atoms with E-state index in [0.717, 1.165) is 11.3 Å². The quantitative estimate of drug-likeness (QED) is 0.889. The van der Waals surface area contributed by atoms with Crippen LogP contribution < -0.4 is 5.32 Å². The first kappa shape index (κ1) is 12.4. The highest BCUT2D eigenvalue weighted by Crippen LogP contribution is 2.22. The molecule has 1 heterocycles. The van der Waals surface area contributed by atoms with Gasteiger partial charge >= 0.3 is 5.97 Å². The average molecular weight is 263 g/mol. The molecule has 2 N–H and O–H groups in total. The van der Waals surface area contributed by atoms with Gasteiger partial charge in [0.15, 0.2) is 0 Å². The van der Waals surface area contributed by atoms with Crippen LogP contribution in [0.4, 0.5) is 11.5 Å². The third kappa shape index (κ3) is 2.78. The fourth-order valence-electron chi connectivity index (χ4n) is 1.45. The lowest BCUT2D eigenvalue weighted by molar-refractivity contribution is 0.0697. The summed E-state index contributed by atoms with van der Waals surface area (Å²) in [5.41, 5.74) is 1.93. The van der Waals surface area contributed by atoms with Crippen LogP contribution in [0.5, 0.6) is 0 Å². The molecule has 1 aromatic heterocycles. The van der Waals surface area contributed by atoms with Crippen molar-refractivity contribution in [2.24, 2.45) is 0 Å². The van der Waals surface area contributed by atoms with Crippen molar-refractivity contribution in [1.29, 1.82) is 0 Å². The zero-order valence-electron chi connectivity index (χ0n) is 9.64. The van der Waals surface area contributed by atoms with Crippen LogP contribution in [0.3, 0.4) is 0 Å². The SMILES string of the molecule is Cc1ccc(Nc2cc(C(=O)O)ccn2)cc1Cl. The number of pyridine rings is 1. The first-order valence-electron chi connectivity index (χ1n) is 5.29. The van der Waals surface area contributed by atoms with Gasteiger partial charge in [0.2, 0.25) is 0 Å². The number of nitrogens with one attached hydrogen (secondary N) is 1. The maximum absolute atomic E-state index is 10.8. The lowest BCUT2D eigenvalue weighted by Gasteiger charge is -2.07. The van der Waals surface area contributed by atoms with Crippen molar-refractivity contribution in [3.63, 3.8) is 0 Å². The Hall–Kier alpha value is -2.07. The number of anilines is 2. The van der Waals surface area contributed by atoms with Crippen molar-refractivity contribution in [1.82, 2.24) is 4.98 Å². The van der Waals surface area contributed by atoms with Crippen LogP contribution >= 0.6 is 11.6 Å². The number of aryl methyl sites for hydroxylation is 1. The van der Waals surface area contributed by atoms with E-state index in [9.17, 15) is 4.79 Å². The van der Waals surface area contributed by atoms with E-state index in [1.807, 2.05) is 19.1 Å². The molecule has 0 aliphatic carbocycles. The molecule has 5 heteroatoms. The molecule has 0 aliphatic heterocycles. The molecule has 0 saturated heterocycles.